The molecule has 0 spiro atoms. The fourth-order valence-corrected chi connectivity index (χ4v) is 6.72. The number of hydrogen-bond donors (Lipinski definition) is 6. The summed E-state index contributed by atoms with van der Waals surface area (Å²) in [5, 5.41) is 21.7. The number of aromatic nitrogens is 1. The first-order chi connectivity index (χ1) is 23.0. The third-order valence-corrected chi connectivity index (χ3v) is 9.76. The number of rotatable bonds is 12. The lowest BCUT2D eigenvalue weighted by Gasteiger charge is -2.50. The first-order valence-corrected chi connectivity index (χ1v) is 17.6. The van der Waals surface area contributed by atoms with Crippen LogP contribution in [-0.4, -0.2) is 100 Å². The maximum Gasteiger partial charge on any atom is 0.418 e. The summed E-state index contributed by atoms with van der Waals surface area (Å²) < 4.78 is 41.8. The van der Waals surface area contributed by atoms with E-state index < -0.39 is 57.2 Å². The second-order valence-electron chi connectivity index (χ2n) is 12.6. The first kappa shape index (κ1) is 35.9. The van der Waals surface area contributed by atoms with Gasteiger partial charge in [0.25, 0.3) is 17.4 Å². The molecule has 0 unspecified atom stereocenters. The van der Waals surface area contributed by atoms with E-state index in [4.69, 9.17) is 25.6 Å². The van der Waals surface area contributed by atoms with Gasteiger partial charge in [-0.2, -0.15) is 13.5 Å². The highest BCUT2D eigenvalue weighted by Crippen LogP contribution is 2.35. The first-order valence-electron chi connectivity index (χ1n) is 15.3. The van der Waals surface area contributed by atoms with Crippen molar-refractivity contribution < 1.29 is 46.3 Å². The van der Waals surface area contributed by atoms with Crippen LogP contribution < -0.4 is 26.8 Å². The van der Waals surface area contributed by atoms with Crippen LogP contribution in [0.5, 0.6) is 5.75 Å². The number of aliphatic carboxylic acids is 1. The van der Waals surface area contributed by atoms with Gasteiger partial charge in [0.2, 0.25) is 0 Å². The predicted octanol–water partition coefficient (Wildman–Crippen LogP) is 0.228. The molecular formula is C29H38N8O10S2. The van der Waals surface area contributed by atoms with Crippen LogP contribution in [0, 0.1) is 5.92 Å². The molecule has 3 aliphatic heterocycles. The molecule has 2 aromatic rings. The zero-order valence-corrected chi connectivity index (χ0v) is 28.5. The van der Waals surface area contributed by atoms with Gasteiger partial charge < -0.3 is 36.8 Å². The largest absolute Gasteiger partial charge is 0.485 e. The van der Waals surface area contributed by atoms with E-state index in [1.165, 1.54) is 26.2 Å². The second kappa shape index (κ2) is 13.9. The molecule has 20 heteroatoms. The van der Waals surface area contributed by atoms with E-state index in [1.54, 1.807) is 12.1 Å². The van der Waals surface area contributed by atoms with E-state index in [1.807, 2.05) is 6.07 Å². The number of β-lactam (4-membered cyclic amide) rings is 1. The molecule has 0 radical (unpaired) electrons. The van der Waals surface area contributed by atoms with Crippen molar-refractivity contribution in [1.82, 2.24) is 20.7 Å². The van der Waals surface area contributed by atoms with Crippen molar-refractivity contribution in [3.8, 4) is 5.75 Å². The minimum absolute atomic E-state index is 0.0628. The molecule has 5 rings (SSSR count). The molecule has 2 saturated heterocycles. The summed E-state index contributed by atoms with van der Waals surface area (Å²) >= 11 is 0.969. The number of benzene rings is 1. The van der Waals surface area contributed by atoms with Gasteiger partial charge in [0.1, 0.15) is 23.3 Å². The fraction of sp³-hybridized carbons (Fsp3) is 0.517. The molecule has 3 atom stereocenters. The summed E-state index contributed by atoms with van der Waals surface area (Å²) in [5.41, 5.74) is 9.46. The third-order valence-electron chi connectivity index (χ3n) is 8.75. The number of hydrogen-bond acceptors (Lipinski definition) is 14. The highest BCUT2D eigenvalue weighted by atomic mass is 32.3. The number of piperidine rings is 1. The summed E-state index contributed by atoms with van der Waals surface area (Å²) in [6.45, 7) is 6.57. The van der Waals surface area contributed by atoms with E-state index in [0.29, 0.717) is 35.5 Å². The summed E-state index contributed by atoms with van der Waals surface area (Å²) in [6.07, 6.45) is 1.66. The van der Waals surface area contributed by atoms with Gasteiger partial charge in [0.05, 0.1) is 5.54 Å². The van der Waals surface area contributed by atoms with Crippen molar-refractivity contribution >= 4 is 56.2 Å². The molecule has 0 aliphatic carbocycles. The summed E-state index contributed by atoms with van der Waals surface area (Å²) in [4.78, 5) is 52.9. The normalized spacial score (nSPS) is 22.7. The Hall–Kier alpha value is -4.37. The number of anilines is 1. The fourth-order valence-electron chi connectivity index (χ4n) is 5.72. The zero-order valence-electron chi connectivity index (χ0n) is 26.9. The Bertz CT molecular complexity index is 1790. The number of carbonyl (C=O) groups is 3. The number of thiazole rings is 1. The molecule has 4 heterocycles. The van der Waals surface area contributed by atoms with Crippen LogP contribution in [0.3, 0.4) is 0 Å². The number of nitrogens with zero attached hydrogens (tertiary/aromatic N) is 4. The molecule has 2 fully saturated rings. The smallest absolute Gasteiger partial charge is 0.418 e. The number of carboxylic acids is 1. The summed E-state index contributed by atoms with van der Waals surface area (Å²) in [7, 11) is -5.03. The molecule has 0 saturated carbocycles. The predicted molar refractivity (Wildman–Crippen MR) is 176 cm³/mol. The van der Waals surface area contributed by atoms with Crippen molar-refractivity contribution in [3.05, 3.63) is 40.4 Å². The Kier molecular flexibility index (Phi) is 10.2. The molecule has 49 heavy (non-hydrogen) atoms. The Morgan fingerprint density at radius 1 is 1.29 bits per heavy atom. The highest BCUT2D eigenvalue weighted by Gasteiger charge is 2.58. The minimum atomic E-state index is -5.03. The highest BCUT2D eigenvalue weighted by molar-refractivity contribution is 7.80. The molecular weight excluding hydrogens is 684 g/mol. The van der Waals surface area contributed by atoms with Crippen LogP contribution in [0.25, 0.3) is 0 Å². The lowest BCUT2D eigenvalue weighted by molar-refractivity contribution is -0.218. The van der Waals surface area contributed by atoms with Crippen molar-refractivity contribution in [2.45, 2.75) is 69.7 Å². The molecule has 0 bridgehead atoms. The SMILES string of the molecule is CC1(C)[C@H](NC(=O)/C(=N\O[C@](C)(C(=O)O)[C@H]2CCc3cc(C(N)=NCC4CCNCC4)ccc3O2)c2csc(N)n2)C(=O)N1OS(=O)(=O)O. The Morgan fingerprint density at radius 2 is 2.00 bits per heavy atom. The van der Waals surface area contributed by atoms with Crippen molar-refractivity contribution in [3.63, 3.8) is 0 Å². The van der Waals surface area contributed by atoms with E-state index in [-0.39, 0.29) is 17.2 Å². The van der Waals surface area contributed by atoms with Gasteiger partial charge in [0, 0.05) is 17.5 Å². The number of aryl methyl sites for hydroxylation is 1. The van der Waals surface area contributed by atoms with Gasteiger partial charge >= 0.3 is 16.4 Å². The van der Waals surface area contributed by atoms with Crippen LogP contribution in [0.2, 0.25) is 0 Å². The maximum atomic E-state index is 13.5. The summed E-state index contributed by atoms with van der Waals surface area (Å²) in [6, 6.07) is 3.98. The topological polar surface area (TPSA) is 270 Å². The lowest BCUT2D eigenvalue weighted by atomic mass is 9.84. The third kappa shape index (κ3) is 7.77. The van der Waals surface area contributed by atoms with Gasteiger partial charge in [-0.15, -0.1) is 15.6 Å². The number of fused-ring (bicyclic) bond motifs is 1. The summed E-state index contributed by atoms with van der Waals surface area (Å²) in [5.74, 6) is -2.12. The Morgan fingerprint density at radius 3 is 2.61 bits per heavy atom. The molecule has 1 aromatic heterocycles. The molecule has 2 amide bonds. The van der Waals surface area contributed by atoms with E-state index in [2.05, 4.69) is 30.0 Å². The maximum absolute atomic E-state index is 13.5. The van der Waals surface area contributed by atoms with Crippen LogP contribution >= 0.6 is 11.3 Å². The van der Waals surface area contributed by atoms with Crippen molar-refractivity contribution in [1.29, 1.82) is 0 Å². The number of carboxylic acid groups (broad SMARTS) is 1. The van der Waals surface area contributed by atoms with Gasteiger partial charge in [-0.1, -0.05) is 5.16 Å². The van der Waals surface area contributed by atoms with Crippen molar-refractivity contribution in [2.24, 2.45) is 21.8 Å². The van der Waals surface area contributed by atoms with Gasteiger partial charge in [-0.25, -0.2) is 9.78 Å². The molecule has 1 aromatic carbocycles. The average molecular weight is 723 g/mol. The number of hydroxylamine groups is 2. The number of nitrogen functional groups attached to an aromatic ring is 1. The van der Waals surface area contributed by atoms with Gasteiger partial charge in [0.15, 0.2) is 16.9 Å². The number of nitrogens with one attached hydrogen (secondary N) is 2. The number of carbonyl (C=O) groups excluding carboxylic acids is 2. The van der Waals surface area contributed by atoms with E-state index in [9.17, 15) is 27.9 Å². The quantitative estimate of drug-likeness (QED) is 0.0563. The lowest BCUT2D eigenvalue weighted by Crippen LogP contribution is -2.76. The molecule has 266 valence electrons. The standard InChI is InChI=1S/C29H38N8O10S2/c1-28(2)22(25(39)37(28)47-49(42,43)44)35-24(38)21(18-14-48-27(31)34-18)36-46-29(3,26(40)41)20-7-5-16-12-17(4-6-19(16)45-20)23(30)33-13-15-8-10-32-11-9-15/h4,6,12,14-15,20,22,32H,5,7-11,13H2,1-3H3,(H2,30,33)(H2,31,34)(H,35,38)(H,40,41)(H,42,43,44)/b36-21-/t20-,22-,29+/m1/s1. The van der Waals surface area contributed by atoms with E-state index in [0.717, 1.165) is 48.4 Å². The molecule has 3 aliphatic rings. The molecule has 8 N–H and O–H groups in total. The molecule has 18 nitrogen and oxygen atoms in total. The Balaban J connectivity index is 1.33. The van der Waals surface area contributed by atoms with Gasteiger partial charge in [-0.3, -0.25) is 19.1 Å². The number of amidine groups is 1. The number of nitrogens with two attached hydrogens (primary N) is 2. The van der Waals surface area contributed by atoms with Crippen molar-refractivity contribution in [2.75, 3.05) is 25.4 Å². The van der Waals surface area contributed by atoms with Crippen LogP contribution in [-0.2, 0) is 40.3 Å². The number of oxime groups is 1. The average Bonchev–Trinajstić information content (AvgIpc) is 3.49. The zero-order chi connectivity index (χ0) is 35.7. The van der Waals surface area contributed by atoms with Crippen LogP contribution in [0.1, 0.15) is 56.9 Å². The van der Waals surface area contributed by atoms with Crippen LogP contribution in [0.15, 0.2) is 33.7 Å². The van der Waals surface area contributed by atoms with Gasteiger partial charge in [-0.05, 0) is 89.2 Å². The second-order valence-corrected chi connectivity index (χ2v) is 14.5. The minimum Gasteiger partial charge on any atom is -0.485 e. The van der Waals surface area contributed by atoms with Crippen LogP contribution in [0.4, 0.5) is 5.13 Å². The van der Waals surface area contributed by atoms with E-state index >= 15 is 0 Å². The number of amides is 2. The monoisotopic (exact) mass is 722 g/mol. The Labute approximate surface area is 285 Å². The number of aliphatic imine (C=N–C) groups is 1. The number of ether oxygens (including phenoxy) is 1.